The van der Waals surface area contributed by atoms with Crippen molar-refractivity contribution in [3.63, 3.8) is 0 Å². The first-order valence-corrected chi connectivity index (χ1v) is 28.7. The van der Waals surface area contributed by atoms with Crippen LogP contribution in [-0.4, -0.2) is 39.0 Å². The Morgan fingerprint density at radius 2 is 0.570 bits per heavy atom. The molecule has 0 fully saturated rings. The van der Waals surface area contributed by atoms with Gasteiger partial charge in [0.05, 0.1) is 39.1 Å². The summed E-state index contributed by atoms with van der Waals surface area (Å²) in [7, 11) is 0. The Morgan fingerprint density at radius 3 is 1.07 bits per heavy atom. The maximum absolute atomic E-state index is 4.98. The summed E-state index contributed by atoms with van der Waals surface area (Å²) in [6.07, 6.45) is 3.57. The van der Waals surface area contributed by atoms with Gasteiger partial charge in [-0.3, -0.25) is 9.97 Å². The molecule has 0 aliphatic heterocycles. The Labute approximate surface area is 497 Å². The summed E-state index contributed by atoms with van der Waals surface area (Å²) in [4.78, 5) is 28.5. The molecule has 8 heteroatoms. The topological polar surface area (TPSA) is 87.2 Å². The van der Waals surface area contributed by atoms with Crippen LogP contribution in [0.3, 0.4) is 0 Å². The van der Waals surface area contributed by atoms with E-state index in [1.54, 1.807) is 6.20 Å². The summed E-state index contributed by atoms with van der Waals surface area (Å²) < 4.78 is 4.69. The Bertz CT molecular complexity index is 4610. The van der Waals surface area contributed by atoms with E-state index in [9.17, 15) is 0 Å². The highest BCUT2D eigenvalue weighted by molar-refractivity contribution is 6.11. The Morgan fingerprint density at radius 1 is 0.198 bits per heavy atom. The molecule has 404 valence electrons. The molecule has 10 aromatic carbocycles. The summed E-state index contributed by atoms with van der Waals surface area (Å²) in [5.41, 5.74) is 20.4. The SMILES string of the molecule is c1ccc(-c2cc(-c3ccc(-c4ccc5c(c4)c4ccccc4n5-c4ccccc4)cc3)cc(-c3ccccn3)n2)cc1.c1ccc(-c2nc(-c3ccc(-c4ccc5c(c4)c4ccccc4n5-c4ccccc4)cc3)nc(-c3ccccn3)n2)cc1. The van der Waals surface area contributed by atoms with Crippen LogP contribution >= 0.6 is 0 Å². The molecule has 0 atom stereocenters. The molecule has 0 radical (unpaired) electrons. The fraction of sp³-hybridized carbons (Fsp3) is 0. The van der Waals surface area contributed by atoms with E-state index >= 15 is 0 Å². The van der Waals surface area contributed by atoms with E-state index in [2.05, 4.69) is 237 Å². The lowest BCUT2D eigenvalue weighted by atomic mass is 9.97. The molecule has 6 aromatic heterocycles. The second kappa shape index (κ2) is 22.5. The molecule has 0 amide bonds. The van der Waals surface area contributed by atoms with Crippen molar-refractivity contribution in [3.8, 4) is 102 Å². The lowest BCUT2D eigenvalue weighted by molar-refractivity contribution is 1.06. The molecule has 6 heterocycles. The second-order valence-corrected chi connectivity index (χ2v) is 21.1. The first kappa shape index (κ1) is 51.2. The summed E-state index contributed by atoms with van der Waals surface area (Å²) in [6.45, 7) is 0. The van der Waals surface area contributed by atoms with E-state index in [1.165, 1.54) is 60.4 Å². The fourth-order valence-electron chi connectivity index (χ4n) is 11.6. The maximum Gasteiger partial charge on any atom is 0.182 e. The smallest absolute Gasteiger partial charge is 0.182 e. The molecule has 0 saturated heterocycles. The molecular weight excluding hydrogens is 1050 g/mol. The molecule has 0 aliphatic rings. The van der Waals surface area contributed by atoms with E-state index in [1.807, 2.05) is 91.1 Å². The zero-order valence-corrected chi connectivity index (χ0v) is 46.6. The van der Waals surface area contributed by atoms with Crippen molar-refractivity contribution < 1.29 is 0 Å². The van der Waals surface area contributed by atoms with Gasteiger partial charge in [0, 0.05) is 62.0 Å². The van der Waals surface area contributed by atoms with Crippen LogP contribution < -0.4 is 0 Å². The monoisotopic (exact) mass is 1100 g/mol. The van der Waals surface area contributed by atoms with Crippen molar-refractivity contribution >= 4 is 43.6 Å². The van der Waals surface area contributed by atoms with Crippen molar-refractivity contribution in [1.82, 2.24) is 39.0 Å². The van der Waals surface area contributed by atoms with Gasteiger partial charge in [-0.25, -0.2) is 19.9 Å². The Balaban J connectivity index is 0.000000145. The van der Waals surface area contributed by atoms with Gasteiger partial charge in [0.1, 0.15) is 5.69 Å². The zero-order chi connectivity index (χ0) is 57.2. The fourth-order valence-corrected chi connectivity index (χ4v) is 11.6. The van der Waals surface area contributed by atoms with Gasteiger partial charge in [-0.05, 0) is 130 Å². The van der Waals surface area contributed by atoms with Crippen LogP contribution in [0.1, 0.15) is 0 Å². The van der Waals surface area contributed by atoms with E-state index in [-0.39, 0.29) is 0 Å². The van der Waals surface area contributed by atoms with Gasteiger partial charge in [-0.1, -0.05) is 206 Å². The average Bonchev–Trinajstić information content (AvgIpc) is 2.18. The predicted molar refractivity (Wildman–Crippen MR) is 352 cm³/mol. The second-order valence-electron chi connectivity index (χ2n) is 21.1. The first-order valence-electron chi connectivity index (χ1n) is 28.7. The van der Waals surface area contributed by atoms with Gasteiger partial charge in [-0.15, -0.1) is 0 Å². The van der Waals surface area contributed by atoms with Crippen LogP contribution in [0, 0.1) is 0 Å². The molecule has 16 rings (SSSR count). The van der Waals surface area contributed by atoms with Crippen molar-refractivity contribution in [3.05, 3.63) is 316 Å². The Kier molecular flexibility index (Phi) is 13.4. The molecule has 0 bridgehead atoms. The summed E-state index contributed by atoms with van der Waals surface area (Å²) in [5.74, 6) is 1.78. The third-order valence-corrected chi connectivity index (χ3v) is 15.8. The van der Waals surface area contributed by atoms with Gasteiger partial charge in [0.15, 0.2) is 17.5 Å². The number of aromatic nitrogens is 8. The van der Waals surface area contributed by atoms with Gasteiger partial charge in [-0.2, -0.15) is 0 Å². The highest BCUT2D eigenvalue weighted by atomic mass is 15.0. The molecule has 0 unspecified atom stereocenters. The van der Waals surface area contributed by atoms with Crippen LogP contribution in [0.2, 0.25) is 0 Å². The summed E-state index contributed by atoms with van der Waals surface area (Å²) in [5, 5.41) is 4.97. The lowest BCUT2D eigenvalue weighted by Gasteiger charge is -2.11. The van der Waals surface area contributed by atoms with Crippen LogP contribution in [0.5, 0.6) is 0 Å². The lowest BCUT2D eigenvalue weighted by Crippen LogP contribution is -2.00. The van der Waals surface area contributed by atoms with Gasteiger partial charge in [0.2, 0.25) is 0 Å². The number of hydrogen-bond acceptors (Lipinski definition) is 6. The molecule has 0 aliphatic carbocycles. The zero-order valence-electron chi connectivity index (χ0n) is 46.6. The van der Waals surface area contributed by atoms with Crippen LogP contribution in [0.25, 0.3) is 145 Å². The number of fused-ring (bicyclic) bond motifs is 6. The van der Waals surface area contributed by atoms with Crippen LogP contribution in [-0.2, 0) is 0 Å². The van der Waals surface area contributed by atoms with Crippen molar-refractivity contribution in [2.75, 3.05) is 0 Å². The minimum absolute atomic E-state index is 0.550. The third-order valence-electron chi connectivity index (χ3n) is 15.8. The highest BCUT2D eigenvalue weighted by Gasteiger charge is 2.18. The van der Waals surface area contributed by atoms with E-state index < -0.39 is 0 Å². The number of pyridine rings is 3. The summed E-state index contributed by atoms with van der Waals surface area (Å²) >= 11 is 0. The third kappa shape index (κ3) is 9.93. The van der Waals surface area contributed by atoms with Gasteiger partial charge < -0.3 is 9.13 Å². The number of para-hydroxylation sites is 4. The first-order chi connectivity index (χ1) is 42.6. The minimum Gasteiger partial charge on any atom is -0.309 e. The number of nitrogens with zero attached hydrogens (tertiary/aromatic N) is 8. The standard InChI is InChI=1S/C40H27N3.C38H25N5/c1-3-11-30(12-4-1)37-26-32(27-38(42-37)36-16-9-10-24-41-36)29-20-18-28(19-21-29)31-22-23-40-35(25-31)34-15-7-8-17-39(34)43(40)33-13-5-2-6-14-33;1-3-11-27(12-4-1)36-40-37(42-38(41-36)33-16-9-10-24-39-33)28-20-18-26(19-21-28)29-22-23-35-32(25-29)31-15-7-8-17-34(31)43(35)30-13-5-2-6-14-30/h1-27H;1-25H. The molecular formula is C78H52N8. The quantitative estimate of drug-likeness (QED) is 0.136. The highest BCUT2D eigenvalue weighted by Crippen LogP contribution is 2.38. The van der Waals surface area contributed by atoms with Gasteiger partial charge >= 0.3 is 0 Å². The molecule has 0 spiro atoms. The van der Waals surface area contributed by atoms with E-state index in [4.69, 9.17) is 19.9 Å². The number of rotatable bonds is 10. The summed E-state index contributed by atoms with van der Waals surface area (Å²) in [6, 6.07) is 105. The normalized spacial score (nSPS) is 11.3. The minimum atomic E-state index is 0.550. The molecule has 0 saturated carbocycles. The van der Waals surface area contributed by atoms with Gasteiger partial charge in [0.25, 0.3) is 0 Å². The predicted octanol–water partition coefficient (Wildman–Crippen LogP) is 19.3. The van der Waals surface area contributed by atoms with Crippen LogP contribution in [0.15, 0.2) is 316 Å². The van der Waals surface area contributed by atoms with Crippen molar-refractivity contribution in [2.45, 2.75) is 0 Å². The Hall–Kier alpha value is -11.7. The largest absolute Gasteiger partial charge is 0.309 e. The van der Waals surface area contributed by atoms with Crippen molar-refractivity contribution in [2.24, 2.45) is 0 Å². The molecule has 86 heavy (non-hydrogen) atoms. The molecule has 0 N–H and O–H groups in total. The number of hydrogen-bond donors (Lipinski definition) is 0. The van der Waals surface area contributed by atoms with E-state index in [0.29, 0.717) is 23.2 Å². The maximum atomic E-state index is 4.98. The average molecular weight is 1100 g/mol. The number of benzene rings is 10. The van der Waals surface area contributed by atoms with Crippen molar-refractivity contribution in [1.29, 1.82) is 0 Å². The molecule has 8 nitrogen and oxygen atoms in total. The van der Waals surface area contributed by atoms with E-state index in [0.717, 1.165) is 61.7 Å². The van der Waals surface area contributed by atoms with Crippen LogP contribution in [0.4, 0.5) is 0 Å². The molecule has 16 aromatic rings.